The number of carbonyl (C=O) groups is 7. The molecular formula is C97H88N24O10. The third-order valence-electron chi connectivity index (χ3n) is 20.8. The van der Waals surface area contributed by atoms with E-state index in [1.54, 1.807) is 107 Å². The van der Waals surface area contributed by atoms with Crippen LogP contribution in [0.25, 0.3) is 110 Å². The Hall–Kier alpha value is -17.7. The zero-order valence-corrected chi connectivity index (χ0v) is 71.3. The highest BCUT2D eigenvalue weighted by Crippen LogP contribution is 2.35. The lowest BCUT2D eigenvalue weighted by Crippen LogP contribution is -2.28. The number of nitrogens with one attached hydrogen (secondary N) is 10. The Morgan fingerprint density at radius 1 is 0.504 bits per heavy atom. The number of H-pyrrole nitrogens is 8. The van der Waals surface area contributed by atoms with Gasteiger partial charge in [0.1, 0.15) is 74.9 Å². The van der Waals surface area contributed by atoms with Crippen molar-refractivity contribution in [3.05, 3.63) is 311 Å². The van der Waals surface area contributed by atoms with Crippen LogP contribution in [0.2, 0.25) is 0 Å². The number of aromatic nitrogens is 16. The topological polar surface area (TPSA) is 484 Å². The summed E-state index contributed by atoms with van der Waals surface area (Å²) in [6.07, 6.45) is 34.9. The minimum absolute atomic E-state index is 0.0263. The Morgan fingerprint density at radius 2 is 0.947 bits per heavy atom. The Balaban J connectivity index is 0.000000135. The van der Waals surface area contributed by atoms with Crippen LogP contribution in [0.5, 0.6) is 0 Å². The molecule has 20 rings (SSSR count). The number of carbonyl (C=O) groups excluding carboxylic acids is 7. The van der Waals surface area contributed by atoms with Gasteiger partial charge in [0.2, 0.25) is 11.8 Å². The molecule has 19 heterocycles. The van der Waals surface area contributed by atoms with E-state index in [1.807, 2.05) is 151 Å². The Morgan fingerprint density at radius 3 is 1.40 bits per heavy atom. The molecular weight excluding hydrogens is 1660 g/mol. The molecule has 0 spiro atoms. The molecule has 3 fully saturated rings. The predicted octanol–water partition coefficient (Wildman–Crippen LogP) is 15.4. The number of pyridine rings is 8. The Bertz CT molecular complexity index is 6960. The first-order valence-corrected chi connectivity index (χ1v) is 41.6. The summed E-state index contributed by atoms with van der Waals surface area (Å²) in [7, 11) is 0. The van der Waals surface area contributed by atoms with Crippen LogP contribution >= 0.6 is 0 Å². The van der Waals surface area contributed by atoms with Gasteiger partial charge < -0.3 is 74.0 Å². The third-order valence-corrected chi connectivity index (χ3v) is 20.8. The van der Waals surface area contributed by atoms with E-state index in [4.69, 9.17) is 38.4 Å². The van der Waals surface area contributed by atoms with Gasteiger partial charge >= 0.3 is 24.5 Å². The van der Waals surface area contributed by atoms with Crippen LogP contribution in [0.1, 0.15) is 124 Å². The minimum Gasteiger partial charge on any atom is -0.462 e. The van der Waals surface area contributed by atoms with Crippen molar-refractivity contribution in [1.29, 1.82) is 15.8 Å². The number of esters is 3. The molecule has 0 saturated carbocycles. The van der Waals surface area contributed by atoms with Crippen molar-refractivity contribution in [2.45, 2.75) is 70.3 Å². The van der Waals surface area contributed by atoms with E-state index in [9.17, 15) is 33.6 Å². The van der Waals surface area contributed by atoms with Crippen LogP contribution in [0, 0.1) is 47.1 Å². The van der Waals surface area contributed by atoms with Crippen molar-refractivity contribution in [3.63, 3.8) is 0 Å². The van der Waals surface area contributed by atoms with E-state index in [0.29, 0.717) is 35.3 Å². The largest absolute Gasteiger partial charge is 0.462 e. The standard InChI is InChI=1S/C18H17N3O.2C13H11N3O2.C11H8N4.C11H9N3O2.C11H13N3.C8H6N2O.C7H6N2.C5H7NO2/c22-18(13-5-2-1-3-6-13)21-10-8-14(12-21)16-11-20-17-15(16)7-4-9-19-17;2*1-2-18-13(17)9(7-14)6-10-8-16-12-11(10)4-3-5-15-12;1-13-10(4-5-12)9-7-15-11-8(9)3-2-6-14-11;15-9-4-7(11(16)14-9)8-5-13-10-6(8)2-1-3-12-10;1-2-9-10(8-3-5-12-6-8)7-14-11(9)13-4-1;11-5-6-4-10-8-7(6)2-1-3-9-8;1-2-6-3-5-9-7(6)8-4-1;1-3-8-5(7)4-6-2/h1-7,9,11,14H,8,10,12H2,(H,19,20);2*3-6,8H,2H2,1H3,(H,15,16);2-3,6-7,10H,4H2,(H,14,15);1-3,5,7H,4H2,(H,12,13)(H,14,15,16);1-2,4,7-8,12H,3,5-6H2,(H,13,14);1-5H,(H,9,10);1-5H,(H,8,9);3-4H2,1H3/b;2*9-6-;;;;;;. The second-order valence-electron chi connectivity index (χ2n) is 28.9. The van der Waals surface area contributed by atoms with Gasteiger partial charge in [-0.05, 0) is 190 Å². The monoisotopic (exact) mass is 1750 g/mol. The van der Waals surface area contributed by atoms with Crippen molar-refractivity contribution >= 4 is 142 Å². The number of ether oxygens (including phenoxy) is 3. The quantitative estimate of drug-likeness (QED) is 0.00866. The van der Waals surface area contributed by atoms with Gasteiger partial charge in [-0.2, -0.15) is 15.8 Å². The number of imide groups is 1. The summed E-state index contributed by atoms with van der Waals surface area (Å²) in [5, 5.41) is 40.2. The van der Waals surface area contributed by atoms with Gasteiger partial charge in [-0.25, -0.2) is 67.4 Å². The molecule has 3 saturated heterocycles. The molecule has 3 amide bonds. The molecule has 656 valence electrons. The smallest absolute Gasteiger partial charge is 0.387 e. The fourth-order valence-electron chi connectivity index (χ4n) is 14.6. The highest BCUT2D eigenvalue weighted by molar-refractivity contribution is 6.08. The van der Waals surface area contributed by atoms with Gasteiger partial charge in [0.15, 0.2) is 6.29 Å². The zero-order valence-electron chi connectivity index (χ0n) is 71.3. The van der Waals surface area contributed by atoms with E-state index in [0.717, 1.165) is 133 Å². The second-order valence-corrected chi connectivity index (χ2v) is 28.9. The molecule has 0 radical (unpaired) electrons. The number of likely N-dealkylation sites (tertiary alicyclic amines) is 1. The number of aromatic amines is 8. The van der Waals surface area contributed by atoms with E-state index in [-0.39, 0.29) is 67.4 Å². The lowest BCUT2D eigenvalue weighted by molar-refractivity contribution is -0.141. The fourth-order valence-corrected chi connectivity index (χ4v) is 14.6. The summed E-state index contributed by atoms with van der Waals surface area (Å²) in [5.74, 6) is -1.33. The number of amides is 3. The average Bonchev–Trinajstić information content (AvgIpc) is 1.64. The van der Waals surface area contributed by atoms with E-state index in [2.05, 4.69) is 123 Å². The van der Waals surface area contributed by atoms with Crippen molar-refractivity contribution in [3.8, 4) is 18.2 Å². The second kappa shape index (κ2) is 46.9. The van der Waals surface area contributed by atoms with Gasteiger partial charge in [-0.3, -0.25) is 24.5 Å². The number of fused-ring (bicyclic) bond motifs is 8. The first-order valence-electron chi connectivity index (χ1n) is 41.6. The molecule has 17 aromatic rings. The zero-order chi connectivity index (χ0) is 92.2. The number of nitriles is 3. The number of hydrogen-bond acceptors (Lipinski definition) is 22. The van der Waals surface area contributed by atoms with E-state index in [1.165, 1.54) is 40.5 Å². The number of rotatable bonds is 15. The maximum Gasteiger partial charge on any atom is 0.387 e. The normalized spacial score (nSPS) is 14.3. The summed E-state index contributed by atoms with van der Waals surface area (Å²) in [5.41, 5.74) is 13.8. The van der Waals surface area contributed by atoms with E-state index < -0.39 is 23.9 Å². The van der Waals surface area contributed by atoms with Gasteiger partial charge in [0.05, 0.1) is 37.4 Å². The van der Waals surface area contributed by atoms with Crippen LogP contribution in [0.15, 0.2) is 244 Å². The molecule has 0 aliphatic carbocycles. The first kappa shape index (κ1) is 92.5. The predicted molar refractivity (Wildman–Crippen MR) is 493 cm³/mol. The maximum absolute atomic E-state index is 12.5. The molecule has 131 heavy (non-hydrogen) atoms. The first-order chi connectivity index (χ1) is 64.1. The number of hydrogen-bond donors (Lipinski definition) is 10. The van der Waals surface area contributed by atoms with Crippen LogP contribution in [0.4, 0.5) is 0 Å². The Labute approximate surface area is 749 Å². The van der Waals surface area contributed by atoms with Crippen molar-refractivity contribution in [2.24, 2.45) is 0 Å². The van der Waals surface area contributed by atoms with Crippen molar-refractivity contribution < 1.29 is 47.8 Å². The number of aldehydes is 1. The lowest BCUT2D eigenvalue weighted by Gasteiger charge is -2.16. The highest BCUT2D eigenvalue weighted by atomic mass is 16.5. The molecule has 3 aliphatic heterocycles. The Kier molecular flexibility index (Phi) is 33.1. The molecule has 34 nitrogen and oxygen atoms in total. The molecule has 4 atom stereocenters. The third kappa shape index (κ3) is 24.1. The molecule has 16 aromatic heterocycles. The molecule has 10 N–H and O–H groups in total. The molecule has 0 bridgehead atoms. The average molecular weight is 1750 g/mol. The van der Waals surface area contributed by atoms with Gasteiger partial charge in [-0.1, -0.05) is 18.2 Å². The fraction of sp³-hybridized carbons (Fsp3) is 0.196. The van der Waals surface area contributed by atoms with Crippen molar-refractivity contribution in [1.82, 2.24) is 95.3 Å². The number of benzene rings is 1. The molecule has 4 unspecified atom stereocenters. The summed E-state index contributed by atoms with van der Waals surface area (Å²) in [6, 6.07) is 47.4. The summed E-state index contributed by atoms with van der Waals surface area (Å²) in [4.78, 5) is 145. The molecule has 3 aliphatic rings. The van der Waals surface area contributed by atoms with Crippen LogP contribution < -0.4 is 10.6 Å². The number of nitrogens with zero attached hydrogens (tertiary/aromatic N) is 14. The summed E-state index contributed by atoms with van der Waals surface area (Å²) >= 11 is 0. The van der Waals surface area contributed by atoms with Gasteiger partial charge in [0.25, 0.3) is 11.9 Å². The summed E-state index contributed by atoms with van der Waals surface area (Å²) < 4.78 is 14.0. The van der Waals surface area contributed by atoms with Crippen LogP contribution in [-0.4, -0.2) is 179 Å². The van der Waals surface area contributed by atoms with Gasteiger partial charge in [-0.15, -0.1) is 0 Å². The maximum atomic E-state index is 12.5. The molecule has 1 aromatic carbocycles. The van der Waals surface area contributed by atoms with E-state index >= 15 is 0 Å². The minimum atomic E-state index is -0.613. The SMILES string of the molecule is CCOC(=O)/C(C#N)=C\c1c[nH]c2ncccc12.CCOC(=O)/C(C#N)=C\c1c[nH]c2ncccc12.O=C(c1ccccc1)N1CCC(c2c[nH]c3ncccc23)C1.O=C1CC(c2c[nH]c3ncccc23)C(=O)N1.O=Cc1c[nH]c2ncccc12.[C-]#[N+]C(CC#N)c1c[nH]c2ncccc12.[C-]#[N+]CC(=O)OCC.c1cnc2[nH]cc(C3CCNC3)c2c1.c1cnc2[nH]ccc2c1. The summed E-state index contributed by atoms with van der Waals surface area (Å²) in [6.45, 7) is 22.9. The van der Waals surface area contributed by atoms with Crippen LogP contribution in [-0.2, 0) is 38.2 Å². The van der Waals surface area contributed by atoms with Crippen LogP contribution in [0.3, 0.4) is 0 Å². The van der Waals surface area contributed by atoms with Gasteiger partial charge in [0, 0.05) is 196 Å². The highest BCUT2D eigenvalue weighted by Gasteiger charge is 2.34. The lowest BCUT2D eigenvalue weighted by atomic mass is 9.98. The molecule has 34 heteroatoms. The van der Waals surface area contributed by atoms with Crippen molar-refractivity contribution in [2.75, 3.05) is 52.5 Å².